The van der Waals surface area contributed by atoms with Crippen molar-refractivity contribution in [2.75, 3.05) is 17.6 Å². The summed E-state index contributed by atoms with van der Waals surface area (Å²) in [5.41, 5.74) is 1.93. The summed E-state index contributed by atoms with van der Waals surface area (Å²) in [7, 11) is 0. The molecule has 3 nitrogen and oxygen atoms in total. The van der Waals surface area contributed by atoms with Crippen molar-refractivity contribution in [2.45, 2.75) is 37.7 Å². The van der Waals surface area contributed by atoms with E-state index in [1.807, 2.05) is 12.1 Å². The zero-order valence-electron chi connectivity index (χ0n) is 16.0. The molecule has 3 rings (SSSR count). The first-order valence-corrected chi connectivity index (χ1v) is 10.1. The maximum Gasteiger partial charge on any atom is 0.416 e. The molecule has 1 atom stereocenters. The molecule has 2 aromatic carbocycles. The van der Waals surface area contributed by atoms with E-state index in [0.29, 0.717) is 12.2 Å². The van der Waals surface area contributed by atoms with Gasteiger partial charge >= 0.3 is 12.2 Å². The molecule has 0 aromatic heterocycles. The van der Waals surface area contributed by atoms with Gasteiger partial charge in [0.05, 0.1) is 5.56 Å². The van der Waals surface area contributed by atoms with Gasteiger partial charge in [-0.05, 0) is 40.8 Å². The minimum absolute atomic E-state index is 0.0565. The highest BCUT2D eigenvalue weighted by Crippen LogP contribution is 2.39. The highest BCUT2D eigenvalue weighted by Gasteiger charge is 2.32. The van der Waals surface area contributed by atoms with Gasteiger partial charge in [0, 0.05) is 18.0 Å². The molecule has 1 aliphatic rings. The Morgan fingerprint density at radius 2 is 1.57 bits per heavy atom. The first-order valence-electron chi connectivity index (χ1n) is 9.02. The average molecular weight is 408 g/mol. The quantitative estimate of drug-likeness (QED) is 0.634. The van der Waals surface area contributed by atoms with Gasteiger partial charge in [-0.2, -0.15) is 13.2 Å². The van der Waals surface area contributed by atoms with Gasteiger partial charge in [0.25, 0.3) is 0 Å². The van der Waals surface area contributed by atoms with Crippen molar-refractivity contribution >= 4 is 23.5 Å². The van der Waals surface area contributed by atoms with E-state index >= 15 is 0 Å². The molecule has 0 bridgehead atoms. The lowest BCUT2D eigenvalue weighted by Gasteiger charge is -2.25. The zero-order valence-corrected chi connectivity index (χ0v) is 16.8. The fourth-order valence-electron chi connectivity index (χ4n) is 3.04. The summed E-state index contributed by atoms with van der Waals surface area (Å²) in [6.07, 6.45) is -4.39. The molecule has 28 heavy (non-hydrogen) atoms. The predicted octanol–water partition coefficient (Wildman–Crippen LogP) is 6.28. The Kier molecular flexibility index (Phi) is 5.66. The third-order valence-electron chi connectivity index (χ3n) is 4.68. The third kappa shape index (κ3) is 4.63. The number of thioether (sulfide) groups is 1. The molecule has 0 unspecified atom stereocenters. The van der Waals surface area contributed by atoms with Crippen molar-refractivity contribution in [3.05, 3.63) is 65.2 Å². The Morgan fingerprint density at radius 1 is 1.00 bits per heavy atom. The molecule has 0 saturated carbocycles. The number of amides is 2. The number of carbonyl (C=O) groups is 1. The Bertz CT molecular complexity index is 827. The SMILES string of the molecule is CC(C)(C)c1ccc([C@@H]2SCCN2C(=O)Nc2ccc(C(F)(F)F)cc2)cc1. The maximum absolute atomic E-state index is 12.7. The molecule has 2 amide bonds. The van der Waals surface area contributed by atoms with Crippen molar-refractivity contribution in [3.8, 4) is 0 Å². The van der Waals surface area contributed by atoms with E-state index in [1.54, 1.807) is 16.7 Å². The summed E-state index contributed by atoms with van der Waals surface area (Å²) in [6, 6.07) is 12.4. The second-order valence-corrected chi connectivity index (χ2v) is 8.98. The van der Waals surface area contributed by atoms with Crippen molar-refractivity contribution in [1.29, 1.82) is 0 Å². The normalized spacial score (nSPS) is 17.6. The fraction of sp³-hybridized carbons (Fsp3) is 0.381. The van der Waals surface area contributed by atoms with Crippen LogP contribution in [0.4, 0.5) is 23.7 Å². The Hall–Kier alpha value is -2.15. The van der Waals surface area contributed by atoms with Crippen LogP contribution in [-0.4, -0.2) is 23.2 Å². The van der Waals surface area contributed by atoms with Crippen LogP contribution in [-0.2, 0) is 11.6 Å². The molecule has 1 heterocycles. The lowest BCUT2D eigenvalue weighted by Crippen LogP contribution is -2.34. The van der Waals surface area contributed by atoms with Gasteiger partial charge in [-0.25, -0.2) is 4.79 Å². The third-order valence-corrected chi connectivity index (χ3v) is 5.94. The maximum atomic E-state index is 12.7. The van der Waals surface area contributed by atoms with E-state index in [1.165, 1.54) is 17.7 Å². The molecule has 1 N–H and O–H groups in total. The molecule has 7 heteroatoms. The monoisotopic (exact) mass is 408 g/mol. The topological polar surface area (TPSA) is 32.3 Å². The summed E-state index contributed by atoms with van der Waals surface area (Å²) in [5.74, 6) is 0.812. The van der Waals surface area contributed by atoms with Crippen molar-refractivity contribution < 1.29 is 18.0 Å². The van der Waals surface area contributed by atoms with E-state index < -0.39 is 11.7 Å². The summed E-state index contributed by atoms with van der Waals surface area (Å²) in [4.78, 5) is 14.4. The van der Waals surface area contributed by atoms with Crippen LogP contribution in [0.1, 0.15) is 42.8 Å². The number of benzene rings is 2. The number of anilines is 1. The molecule has 0 aliphatic carbocycles. The van der Waals surface area contributed by atoms with Crippen LogP contribution in [0.5, 0.6) is 0 Å². The lowest BCUT2D eigenvalue weighted by atomic mass is 9.87. The highest BCUT2D eigenvalue weighted by atomic mass is 32.2. The number of carbonyl (C=O) groups excluding carboxylic acids is 1. The summed E-state index contributed by atoms with van der Waals surface area (Å²) < 4.78 is 38.0. The van der Waals surface area contributed by atoms with Crippen molar-refractivity contribution in [1.82, 2.24) is 4.90 Å². The number of urea groups is 1. The number of hydrogen-bond acceptors (Lipinski definition) is 2. The zero-order chi connectivity index (χ0) is 20.5. The van der Waals surface area contributed by atoms with Gasteiger partial charge in [0.1, 0.15) is 5.37 Å². The van der Waals surface area contributed by atoms with Gasteiger partial charge in [0.2, 0.25) is 0 Å². The van der Waals surface area contributed by atoms with Crippen LogP contribution in [0.25, 0.3) is 0 Å². The van der Waals surface area contributed by atoms with Crippen LogP contribution in [0.3, 0.4) is 0 Å². The first-order chi connectivity index (χ1) is 13.1. The number of halogens is 3. The van der Waals surface area contributed by atoms with Crippen LogP contribution in [0, 0.1) is 0 Å². The average Bonchev–Trinajstić information content (AvgIpc) is 3.10. The second kappa shape index (κ2) is 7.70. The van der Waals surface area contributed by atoms with E-state index in [-0.39, 0.29) is 16.8 Å². The van der Waals surface area contributed by atoms with Crippen LogP contribution >= 0.6 is 11.8 Å². The van der Waals surface area contributed by atoms with E-state index in [4.69, 9.17) is 0 Å². The Morgan fingerprint density at radius 3 is 2.11 bits per heavy atom. The minimum atomic E-state index is -4.39. The number of nitrogens with one attached hydrogen (secondary N) is 1. The smallest absolute Gasteiger partial charge is 0.308 e. The molecular formula is C21H23F3N2OS. The molecule has 150 valence electrons. The molecule has 0 spiro atoms. The molecule has 1 aliphatic heterocycles. The van der Waals surface area contributed by atoms with E-state index in [2.05, 4.69) is 38.2 Å². The highest BCUT2D eigenvalue weighted by molar-refractivity contribution is 7.99. The van der Waals surface area contributed by atoms with Crippen molar-refractivity contribution in [3.63, 3.8) is 0 Å². The number of hydrogen-bond donors (Lipinski definition) is 1. The minimum Gasteiger partial charge on any atom is -0.308 e. The Labute approximate surface area is 167 Å². The van der Waals surface area contributed by atoms with Gasteiger partial charge in [-0.15, -0.1) is 11.8 Å². The van der Waals surface area contributed by atoms with Gasteiger partial charge in [-0.1, -0.05) is 45.0 Å². The number of alkyl halides is 3. The van der Waals surface area contributed by atoms with Crippen molar-refractivity contribution in [2.24, 2.45) is 0 Å². The largest absolute Gasteiger partial charge is 0.416 e. The predicted molar refractivity (Wildman–Crippen MR) is 108 cm³/mol. The molecule has 0 radical (unpaired) electrons. The standard InChI is InChI=1S/C21H23F3N2OS/c1-20(2,3)15-6-4-14(5-7-15)18-26(12-13-28-18)19(27)25-17-10-8-16(9-11-17)21(22,23)24/h4-11,18H,12-13H2,1-3H3,(H,25,27)/t18-/m0/s1. The van der Waals surface area contributed by atoms with Crippen LogP contribution in [0.2, 0.25) is 0 Å². The number of nitrogens with zero attached hydrogens (tertiary/aromatic N) is 1. The Balaban J connectivity index is 1.71. The summed E-state index contributed by atoms with van der Waals surface area (Å²) in [6.45, 7) is 7.03. The fourth-order valence-corrected chi connectivity index (χ4v) is 4.30. The second-order valence-electron chi connectivity index (χ2n) is 7.79. The first kappa shape index (κ1) is 20.6. The molecule has 2 aromatic rings. The molecular weight excluding hydrogens is 385 g/mol. The van der Waals surface area contributed by atoms with Gasteiger partial charge in [0.15, 0.2) is 0 Å². The molecule has 1 saturated heterocycles. The van der Waals surface area contributed by atoms with Crippen LogP contribution < -0.4 is 5.32 Å². The summed E-state index contributed by atoms with van der Waals surface area (Å²) in [5, 5.41) is 2.60. The van der Waals surface area contributed by atoms with Crippen LogP contribution in [0.15, 0.2) is 48.5 Å². The van der Waals surface area contributed by atoms with Gasteiger partial charge < -0.3 is 10.2 Å². The lowest BCUT2D eigenvalue weighted by molar-refractivity contribution is -0.137. The molecule has 1 fully saturated rings. The number of rotatable bonds is 2. The summed E-state index contributed by atoms with van der Waals surface area (Å²) >= 11 is 1.68. The van der Waals surface area contributed by atoms with E-state index in [9.17, 15) is 18.0 Å². The van der Waals surface area contributed by atoms with Gasteiger partial charge in [-0.3, -0.25) is 0 Å². The van der Waals surface area contributed by atoms with E-state index in [0.717, 1.165) is 23.4 Å².